The van der Waals surface area contributed by atoms with Crippen molar-refractivity contribution in [3.63, 3.8) is 0 Å². The molecule has 0 unspecified atom stereocenters. The van der Waals surface area contributed by atoms with Gasteiger partial charge in [-0.1, -0.05) is 86.5 Å². The lowest BCUT2D eigenvalue weighted by Crippen LogP contribution is -2.47. The van der Waals surface area contributed by atoms with Crippen molar-refractivity contribution in [2.24, 2.45) is 11.8 Å². The molecule has 1 N–H and O–H groups in total. The fourth-order valence-electron chi connectivity index (χ4n) is 7.42. The standard InChI is InChI=1S/C38H34N2O6/c1-2-3-17-30(38(44)45-22-31(41)39-23-18-20-25(21-19-23)46-24-11-5-4-6-12-24)40-36(42)34-32-26-13-7-8-14-27(26)33(35(34)37(40)43)29-16-10-9-15-28(29)32/h4-16,18-21,30,32-35H,2-3,17,22H2,1H3,(H,39,41)/t30-,32?,33?,34+,35+/m1/s1. The number of unbranched alkanes of at least 4 members (excludes halogenated alkanes) is 1. The minimum Gasteiger partial charge on any atom is -0.457 e. The first-order valence-electron chi connectivity index (χ1n) is 15.8. The lowest BCUT2D eigenvalue weighted by molar-refractivity contribution is -0.160. The van der Waals surface area contributed by atoms with E-state index in [1.807, 2.05) is 85.8 Å². The third-order valence-corrected chi connectivity index (χ3v) is 9.36. The Morgan fingerprint density at radius 3 is 1.74 bits per heavy atom. The molecule has 4 aliphatic rings. The number of anilines is 1. The SMILES string of the molecule is CCCC[C@H](C(=O)OCC(=O)Nc1ccc(Oc2ccccc2)cc1)N1C(=O)[C@H]2C3c4ccccc4C(c4ccccc43)[C@@H]2C1=O. The molecule has 0 radical (unpaired) electrons. The topological polar surface area (TPSA) is 102 Å². The van der Waals surface area contributed by atoms with E-state index in [0.717, 1.165) is 33.6 Å². The molecule has 1 fully saturated rings. The van der Waals surface area contributed by atoms with E-state index in [1.54, 1.807) is 24.3 Å². The van der Waals surface area contributed by atoms with E-state index < -0.39 is 36.4 Å². The number of esters is 1. The molecular weight excluding hydrogens is 580 g/mol. The van der Waals surface area contributed by atoms with Crippen molar-refractivity contribution < 1.29 is 28.7 Å². The van der Waals surface area contributed by atoms with Crippen molar-refractivity contribution in [3.05, 3.63) is 125 Å². The molecule has 8 heteroatoms. The van der Waals surface area contributed by atoms with E-state index in [4.69, 9.17) is 9.47 Å². The number of carbonyl (C=O) groups is 4. The van der Waals surface area contributed by atoms with Crippen molar-refractivity contribution >= 4 is 29.4 Å². The van der Waals surface area contributed by atoms with Crippen LogP contribution in [0.4, 0.5) is 5.69 Å². The highest BCUT2D eigenvalue weighted by molar-refractivity contribution is 6.10. The van der Waals surface area contributed by atoms with Gasteiger partial charge in [-0.2, -0.15) is 0 Å². The van der Waals surface area contributed by atoms with Crippen LogP contribution in [0.3, 0.4) is 0 Å². The van der Waals surface area contributed by atoms with Crippen LogP contribution in [-0.4, -0.2) is 41.2 Å². The van der Waals surface area contributed by atoms with E-state index in [9.17, 15) is 19.2 Å². The van der Waals surface area contributed by atoms with Gasteiger partial charge in [0.15, 0.2) is 6.61 Å². The normalized spacial score (nSPS) is 21.2. The summed E-state index contributed by atoms with van der Waals surface area (Å²) in [4.78, 5) is 55.9. The van der Waals surface area contributed by atoms with Gasteiger partial charge in [0.2, 0.25) is 11.8 Å². The first kappa shape index (κ1) is 29.5. The van der Waals surface area contributed by atoms with Gasteiger partial charge >= 0.3 is 5.97 Å². The Labute approximate surface area is 267 Å². The first-order valence-corrected chi connectivity index (χ1v) is 15.8. The maximum absolute atomic E-state index is 14.2. The van der Waals surface area contributed by atoms with Crippen LogP contribution >= 0.6 is 0 Å². The molecule has 0 spiro atoms. The number of para-hydroxylation sites is 1. The number of rotatable bonds is 10. The molecule has 1 aliphatic heterocycles. The Balaban J connectivity index is 1.06. The highest BCUT2D eigenvalue weighted by Gasteiger charge is 2.63. The molecule has 1 saturated heterocycles. The van der Waals surface area contributed by atoms with Crippen molar-refractivity contribution in [3.8, 4) is 11.5 Å². The molecule has 232 valence electrons. The zero-order valence-corrected chi connectivity index (χ0v) is 25.4. The molecule has 46 heavy (non-hydrogen) atoms. The monoisotopic (exact) mass is 614 g/mol. The highest BCUT2D eigenvalue weighted by atomic mass is 16.5. The predicted octanol–water partition coefficient (Wildman–Crippen LogP) is 6.41. The fourth-order valence-corrected chi connectivity index (χ4v) is 7.42. The molecular formula is C38H34N2O6. The summed E-state index contributed by atoms with van der Waals surface area (Å²) < 4.78 is 11.3. The second-order valence-corrected chi connectivity index (χ2v) is 12.1. The number of benzene rings is 4. The van der Waals surface area contributed by atoms with E-state index in [0.29, 0.717) is 23.6 Å². The molecule has 4 aromatic rings. The molecule has 0 aromatic heterocycles. The smallest absolute Gasteiger partial charge is 0.329 e. The van der Waals surface area contributed by atoms with Crippen LogP contribution in [0.2, 0.25) is 0 Å². The minimum absolute atomic E-state index is 0.262. The van der Waals surface area contributed by atoms with Gasteiger partial charge in [-0.05, 0) is 65.1 Å². The van der Waals surface area contributed by atoms with Crippen LogP contribution in [0.25, 0.3) is 0 Å². The van der Waals surface area contributed by atoms with Crippen LogP contribution in [-0.2, 0) is 23.9 Å². The van der Waals surface area contributed by atoms with Crippen LogP contribution in [0, 0.1) is 11.8 Å². The summed E-state index contributed by atoms with van der Waals surface area (Å²) >= 11 is 0. The molecule has 0 saturated carbocycles. The molecule has 2 bridgehead atoms. The van der Waals surface area contributed by atoms with Crippen LogP contribution in [0.5, 0.6) is 11.5 Å². The lowest BCUT2D eigenvalue weighted by atomic mass is 9.55. The number of imide groups is 1. The van der Waals surface area contributed by atoms with Crippen molar-refractivity contribution in [1.82, 2.24) is 4.90 Å². The van der Waals surface area contributed by atoms with Crippen molar-refractivity contribution in [1.29, 1.82) is 0 Å². The number of ether oxygens (including phenoxy) is 2. The summed E-state index contributed by atoms with van der Waals surface area (Å²) in [5.41, 5.74) is 4.78. The number of amides is 3. The zero-order chi connectivity index (χ0) is 31.8. The Bertz CT molecular complexity index is 1690. The Morgan fingerprint density at radius 1 is 0.717 bits per heavy atom. The summed E-state index contributed by atoms with van der Waals surface area (Å²) in [7, 11) is 0. The van der Waals surface area contributed by atoms with Gasteiger partial charge < -0.3 is 14.8 Å². The van der Waals surface area contributed by atoms with Gasteiger partial charge in [0.25, 0.3) is 5.91 Å². The van der Waals surface area contributed by atoms with Gasteiger partial charge in [0.05, 0.1) is 11.8 Å². The van der Waals surface area contributed by atoms with Gasteiger partial charge in [0.1, 0.15) is 17.5 Å². The fraction of sp³-hybridized carbons (Fsp3) is 0.263. The second-order valence-electron chi connectivity index (χ2n) is 12.1. The minimum atomic E-state index is -1.10. The molecule has 8 nitrogen and oxygen atoms in total. The molecule has 8 rings (SSSR count). The molecule has 3 amide bonds. The first-order chi connectivity index (χ1) is 22.5. The largest absolute Gasteiger partial charge is 0.457 e. The average Bonchev–Trinajstić information content (AvgIpc) is 3.35. The van der Waals surface area contributed by atoms with Gasteiger partial charge in [-0.3, -0.25) is 19.3 Å². The Hall–Kier alpha value is -5.24. The zero-order valence-electron chi connectivity index (χ0n) is 25.4. The van der Waals surface area contributed by atoms with E-state index >= 15 is 0 Å². The lowest BCUT2D eigenvalue weighted by Gasteiger charge is -2.45. The van der Waals surface area contributed by atoms with Crippen LogP contribution in [0.1, 0.15) is 60.3 Å². The maximum atomic E-state index is 14.2. The number of hydrogen-bond donors (Lipinski definition) is 1. The molecule has 3 aliphatic carbocycles. The van der Waals surface area contributed by atoms with E-state index in [1.165, 1.54) is 0 Å². The third kappa shape index (κ3) is 5.13. The summed E-state index contributed by atoms with van der Waals surface area (Å²) in [5.74, 6) is -2.36. The Morgan fingerprint density at radius 2 is 1.22 bits per heavy atom. The summed E-state index contributed by atoms with van der Waals surface area (Å²) in [6.07, 6.45) is 1.65. The third-order valence-electron chi connectivity index (χ3n) is 9.36. The van der Waals surface area contributed by atoms with Crippen LogP contribution in [0.15, 0.2) is 103 Å². The van der Waals surface area contributed by atoms with E-state index in [-0.39, 0.29) is 30.1 Å². The number of nitrogens with one attached hydrogen (secondary N) is 1. The summed E-state index contributed by atoms with van der Waals surface area (Å²) in [6.45, 7) is 1.43. The highest BCUT2D eigenvalue weighted by Crippen LogP contribution is 2.61. The molecule has 3 atom stereocenters. The van der Waals surface area contributed by atoms with Crippen molar-refractivity contribution in [2.45, 2.75) is 44.1 Å². The average molecular weight is 615 g/mol. The second kappa shape index (κ2) is 12.3. The number of hydrogen-bond acceptors (Lipinski definition) is 6. The van der Waals surface area contributed by atoms with Gasteiger partial charge in [-0.25, -0.2) is 4.79 Å². The molecule has 4 aromatic carbocycles. The van der Waals surface area contributed by atoms with Gasteiger partial charge in [-0.15, -0.1) is 0 Å². The van der Waals surface area contributed by atoms with Gasteiger partial charge in [0, 0.05) is 17.5 Å². The summed E-state index contributed by atoms with van der Waals surface area (Å²) in [6, 6.07) is 31.1. The number of nitrogens with zero attached hydrogens (tertiary/aromatic N) is 1. The molecule has 1 heterocycles. The quantitative estimate of drug-likeness (QED) is 0.164. The Kier molecular flexibility index (Phi) is 7.86. The number of likely N-dealkylation sites (tertiary alicyclic amines) is 1. The van der Waals surface area contributed by atoms with Crippen LogP contribution < -0.4 is 10.1 Å². The van der Waals surface area contributed by atoms with Crippen molar-refractivity contribution in [2.75, 3.05) is 11.9 Å². The number of carbonyl (C=O) groups excluding carboxylic acids is 4. The van der Waals surface area contributed by atoms with E-state index in [2.05, 4.69) is 5.32 Å². The predicted molar refractivity (Wildman–Crippen MR) is 171 cm³/mol. The summed E-state index contributed by atoms with van der Waals surface area (Å²) in [5, 5.41) is 2.72. The maximum Gasteiger partial charge on any atom is 0.329 e.